The summed E-state index contributed by atoms with van der Waals surface area (Å²) in [5.41, 5.74) is 0.498. The molecular weight excluding hydrogens is 356 g/mol. The fraction of sp³-hybridized carbons (Fsp3) is 0.636. The average molecular weight is 386 g/mol. The molecule has 27 heavy (non-hydrogen) atoms. The molecule has 0 radical (unpaired) electrons. The van der Waals surface area contributed by atoms with Crippen LogP contribution >= 0.6 is 0 Å². The van der Waals surface area contributed by atoms with Crippen LogP contribution in [0.3, 0.4) is 0 Å². The summed E-state index contributed by atoms with van der Waals surface area (Å²) in [5.74, 6) is -1.73. The predicted octanol–water partition coefficient (Wildman–Crippen LogP) is 7.44. The number of rotatable bonds is 10. The smallest absolute Gasteiger partial charge is 0.387 e. The number of aryl methyl sites for hydroxylation is 1. The van der Waals surface area contributed by atoms with Crippen LogP contribution in [0.15, 0.2) is 24.3 Å². The molecule has 0 N–H and O–H groups in total. The van der Waals surface area contributed by atoms with Gasteiger partial charge in [0.05, 0.1) is 0 Å². The van der Waals surface area contributed by atoms with Gasteiger partial charge in [-0.15, -0.1) is 0 Å². The highest BCUT2D eigenvalue weighted by Crippen LogP contribution is 2.35. The summed E-state index contributed by atoms with van der Waals surface area (Å²) in [6, 6.07) is 2.22. The van der Waals surface area contributed by atoms with Crippen LogP contribution in [0.1, 0.15) is 70.3 Å². The largest absolute Gasteiger partial charge is 0.429 e. The highest BCUT2D eigenvalue weighted by atomic mass is 19.3. The number of hydrogen-bond acceptors (Lipinski definition) is 1. The van der Waals surface area contributed by atoms with Crippen molar-refractivity contribution in [1.82, 2.24) is 0 Å². The quantitative estimate of drug-likeness (QED) is 0.231. The van der Waals surface area contributed by atoms with Crippen LogP contribution in [0, 0.1) is 23.5 Å². The molecule has 0 unspecified atom stereocenters. The molecule has 152 valence electrons. The minimum Gasteiger partial charge on any atom is -0.429 e. The SMILES string of the molecule is CC=CCCCCC1CCC(CCc2cc(F)c(OC(F)F)c(F)c2)CC1. The third kappa shape index (κ3) is 7.55. The zero-order valence-corrected chi connectivity index (χ0v) is 16.0. The Kier molecular flexibility index (Phi) is 9.16. The molecule has 0 atom stereocenters. The maximum absolute atomic E-state index is 13.8. The minimum atomic E-state index is -3.24. The molecule has 1 nitrogen and oxygen atoms in total. The van der Waals surface area contributed by atoms with E-state index in [9.17, 15) is 17.6 Å². The zero-order valence-electron chi connectivity index (χ0n) is 16.0. The summed E-state index contributed by atoms with van der Waals surface area (Å²) in [4.78, 5) is 0. The molecule has 0 heterocycles. The van der Waals surface area contributed by atoms with E-state index in [0.717, 1.165) is 37.3 Å². The third-order valence-corrected chi connectivity index (χ3v) is 5.54. The van der Waals surface area contributed by atoms with Crippen LogP contribution in [0.4, 0.5) is 17.6 Å². The van der Waals surface area contributed by atoms with E-state index in [4.69, 9.17) is 0 Å². The summed E-state index contributed by atoms with van der Waals surface area (Å²) in [6.45, 7) is -1.19. The molecule has 0 aliphatic heterocycles. The van der Waals surface area contributed by atoms with Gasteiger partial charge in [0, 0.05) is 0 Å². The lowest BCUT2D eigenvalue weighted by atomic mass is 9.78. The Morgan fingerprint density at radius 1 is 1.00 bits per heavy atom. The van der Waals surface area contributed by atoms with Gasteiger partial charge in [-0.3, -0.25) is 0 Å². The van der Waals surface area contributed by atoms with Gasteiger partial charge in [-0.1, -0.05) is 50.7 Å². The van der Waals surface area contributed by atoms with Crippen molar-refractivity contribution in [2.75, 3.05) is 0 Å². The molecule has 0 amide bonds. The monoisotopic (exact) mass is 386 g/mol. The first kappa shape index (κ1) is 21.8. The zero-order chi connectivity index (χ0) is 19.6. The number of hydrogen-bond donors (Lipinski definition) is 0. The fourth-order valence-electron chi connectivity index (χ4n) is 4.00. The Morgan fingerprint density at radius 3 is 2.15 bits per heavy atom. The molecule has 0 saturated heterocycles. The molecule has 2 rings (SSSR count). The number of unbranched alkanes of at least 4 members (excludes halogenated alkanes) is 2. The number of allylic oxidation sites excluding steroid dienone is 2. The molecule has 1 aliphatic rings. The van der Waals surface area contributed by atoms with Gasteiger partial charge in [0.2, 0.25) is 0 Å². The molecule has 0 spiro atoms. The molecule has 1 aromatic rings. The fourth-order valence-corrected chi connectivity index (χ4v) is 4.00. The Balaban J connectivity index is 1.72. The number of benzene rings is 1. The lowest BCUT2D eigenvalue weighted by Gasteiger charge is -2.28. The van der Waals surface area contributed by atoms with E-state index in [2.05, 4.69) is 23.8 Å². The van der Waals surface area contributed by atoms with Gasteiger partial charge in [-0.05, 0) is 62.1 Å². The predicted molar refractivity (Wildman–Crippen MR) is 100 cm³/mol. The lowest BCUT2D eigenvalue weighted by Crippen LogP contribution is -2.15. The van der Waals surface area contributed by atoms with Crippen molar-refractivity contribution in [2.45, 2.75) is 77.7 Å². The van der Waals surface area contributed by atoms with Gasteiger partial charge in [0.15, 0.2) is 17.4 Å². The van der Waals surface area contributed by atoms with Crippen molar-refractivity contribution >= 4 is 0 Å². The van der Waals surface area contributed by atoms with Crippen molar-refractivity contribution in [3.05, 3.63) is 41.5 Å². The van der Waals surface area contributed by atoms with E-state index >= 15 is 0 Å². The molecule has 1 fully saturated rings. The summed E-state index contributed by atoms with van der Waals surface area (Å²) in [6.07, 6.45) is 15.6. The van der Waals surface area contributed by atoms with Crippen molar-refractivity contribution in [3.63, 3.8) is 0 Å². The standard InChI is InChI=1S/C22H30F4O/c1-2-3-4-5-6-7-16-8-10-17(11-9-16)12-13-18-14-19(23)21(20(24)15-18)27-22(25)26/h2-3,14-17,22H,4-13H2,1H3. The Hall–Kier alpha value is -1.52. The van der Waals surface area contributed by atoms with E-state index < -0.39 is 24.0 Å². The van der Waals surface area contributed by atoms with Crippen LogP contribution in [-0.4, -0.2) is 6.61 Å². The van der Waals surface area contributed by atoms with Gasteiger partial charge < -0.3 is 4.74 Å². The van der Waals surface area contributed by atoms with Gasteiger partial charge in [0.1, 0.15) is 0 Å². The van der Waals surface area contributed by atoms with Crippen molar-refractivity contribution in [2.24, 2.45) is 11.8 Å². The van der Waals surface area contributed by atoms with Crippen molar-refractivity contribution in [1.29, 1.82) is 0 Å². The Morgan fingerprint density at radius 2 is 1.59 bits per heavy atom. The second kappa shape index (κ2) is 11.4. The summed E-state index contributed by atoms with van der Waals surface area (Å²) in [5, 5.41) is 0. The number of ether oxygens (including phenoxy) is 1. The molecule has 0 bridgehead atoms. The second-order valence-corrected chi connectivity index (χ2v) is 7.55. The van der Waals surface area contributed by atoms with Gasteiger partial charge >= 0.3 is 6.61 Å². The summed E-state index contributed by atoms with van der Waals surface area (Å²) >= 11 is 0. The molecule has 1 aliphatic carbocycles. The van der Waals surface area contributed by atoms with Crippen LogP contribution in [-0.2, 0) is 6.42 Å². The molecule has 1 aromatic carbocycles. The van der Waals surface area contributed by atoms with Crippen LogP contribution in [0.5, 0.6) is 5.75 Å². The molecule has 5 heteroatoms. The molecule has 0 aromatic heterocycles. The molecular formula is C22H30F4O. The normalized spacial score (nSPS) is 20.5. The van der Waals surface area contributed by atoms with E-state index in [1.807, 2.05) is 0 Å². The highest BCUT2D eigenvalue weighted by Gasteiger charge is 2.21. The van der Waals surface area contributed by atoms with Crippen LogP contribution in [0.2, 0.25) is 0 Å². The van der Waals surface area contributed by atoms with Gasteiger partial charge in [-0.25, -0.2) is 8.78 Å². The van der Waals surface area contributed by atoms with Gasteiger partial charge in [0.25, 0.3) is 0 Å². The highest BCUT2D eigenvalue weighted by molar-refractivity contribution is 5.31. The third-order valence-electron chi connectivity index (χ3n) is 5.54. The number of alkyl halides is 2. The van der Waals surface area contributed by atoms with Crippen molar-refractivity contribution in [3.8, 4) is 5.75 Å². The van der Waals surface area contributed by atoms with E-state index in [1.165, 1.54) is 38.5 Å². The molecule has 1 saturated carbocycles. The van der Waals surface area contributed by atoms with Crippen molar-refractivity contribution < 1.29 is 22.3 Å². The van der Waals surface area contributed by atoms with Crippen LogP contribution in [0.25, 0.3) is 0 Å². The summed E-state index contributed by atoms with van der Waals surface area (Å²) in [7, 11) is 0. The first-order chi connectivity index (χ1) is 13.0. The second-order valence-electron chi connectivity index (χ2n) is 7.55. The minimum absolute atomic E-state index is 0.498. The topological polar surface area (TPSA) is 9.23 Å². The first-order valence-corrected chi connectivity index (χ1v) is 10.0. The Bertz CT molecular complexity index is 569. The maximum atomic E-state index is 13.8. The lowest BCUT2D eigenvalue weighted by molar-refractivity contribution is -0.0546. The number of halogens is 4. The summed E-state index contributed by atoms with van der Waals surface area (Å²) < 4.78 is 55.8. The van der Waals surface area contributed by atoms with E-state index in [-0.39, 0.29) is 0 Å². The van der Waals surface area contributed by atoms with Gasteiger partial charge in [-0.2, -0.15) is 8.78 Å². The average Bonchev–Trinajstić information content (AvgIpc) is 2.63. The van der Waals surface area contributed by atoms with E-state index in [0.29, 0.717) is 17.9 Å². The van der Waals surface area contributed by atoms with Crippen LogP contribution < -0.4 is 4.74 Å². The van der Waals surface area contributed by atoms with E-state index in [1.54, 1.807) is 0 Å². The maximum Gasteiger partial charge on any atom is 0.387 e. The first-order valence-electron chi connectivity index (χ1n) is 10.0. The Labute approximate surface area is 159 Å².